The molecule has 0 atom stereocenters. The molecule has 1 saturated carbocycles. The molecule has 0 amide bonds. The minimum absolute atomic E-state index is 0.0257. The van der Waals surface area contributed by atoms with Crippen molar-refractivity contribution >= 4 is 5.95 Å². The van der Waals surface area contributed by atoms with Crippen LogP contribution in [0.25, 0.3) is 0 Å². The Kier molecular flexibility index (Phi) is 7.29. The Morgan fingerprint density at radius 1 is 0.658 bits per heavy atom. The fourth-order valence-corrected chi connectivity index (χ4v) is 5.81. The van der Waals surface area contributed by atoms with Crippen LogP contribution in [-0.4, -0.2) is 48.1 Å². The molecule has 5 rings (SSSR count). The zero-order valence-electron chi connectivity index (χ0n) is 22.5. The first-order valence-electron chi connectivity index (χ1n) is 13.0. The lowest BCUT2D eigenvalue weighted by atomic mass is 9.66. The van der Waals surface area contributed by atoms with Gasteiger partial charge in [-0.1, -0.05) is 60.7 Å². The lowest BCUT2D eigenvalue weighted by Crippen LogP contribution is -2.54. The molecule has 0 N–H and O–H groups in total. The van der Waals surface area contributed by atoms with E-state index in [0.29, 0.717) is 11.7 Å². The zero-order valence-corrected chi connectivity index (χ0v) is 22.5. The summed E-state index contributed by atoms with van der Waals surface area (Å²) in [5.74, 6) is 1.99. The van der Waals surface area contributed by atoms with Crippen LogP contribution >= 0.6 is 0 Å². The average molecular weight is 510 g/mol. The first kappa shape index (κ1) is 25.7. The van der Waals surface area contributed by atoms with Gasteiger partial charge in [-0.3, -0.25) is 4.90 Å². The Morgan fingerprint density at radius 2 is 1.18 bits per heavy atom. The number of methoxy groups -OCH3 is 1. The van der Waals surface area contributed by atoms with Crippen LogP contribution in [0.5, 0.6) is 17.5 Å². The quantitative estimate of drug-likeness (QED) is 0.287. The zero-order chi connectivity index (χ0) is 26.6. The summed E-state index contributed by atoms with van der Waals surface area (Å²) in [5.41, 5.74) is 2.33. The molecule has 38 heavy (non-hydrogen) atoms. The highest BCUT2D eigenvalue weighted by atomic mass is 16.5. The largest absolute Gasteiger partial charge is 0.497 e. The predicted octanol–water partition coefficient (Wildman–Crippen LogP) is 6.04. The molecule has 1 aliphatic carbocycles. The molecular weight excluding hydrogens is 474 g/mol. The van der Waals surface area contributed by atoms with Gasteiger partial charge in [0.05, 0.1) is 12.6 Å². The van der Waals surface area contributed by atoms with E-state index in [9.17, 15) is 0 Å². The van der Waals surface area contributed by atoms with Crippen LogP contribution in [0.15, 0.2) is 91.3 Å². The van der Waals surface area contributed by atoms with Gasteiger partial charge in [0.15, 0.2) is 0 Å². The molecule has 0 bridgehead atoms. The van der Waals surface area contributed by atoms with Gasteiger partial charge in [-0.2, -0.15) is 9.97 Å². The van der Waals surface area contributed by atoms with Gasteiger partial charge in [-0.05, 0) is 75.2 Å². The molecule has 4 aromatic rings. The molecular formula is C31H35N5O2. The molecule has 1 aliphatic rings. The van der Waals surface area contributed by atoms with Crippen molar-refractivity contribution in [1.29, 1.82) is 0 Å². The van der Waals surface area contributed by atoms with Crippen molar-refractivity contribution in [3.8, 4) is 17.5 Å². The Bertz CT molecular complexity index is 1320. The second-order valence-electron chi connectivity index (χ2n) is 10.1. The highest BCUT2D eigenvalue weighted by Gasteiger charge is 2.48. The van der Waals surface area contributed by atoms with Crippen LogP contribution in [0, 0.1) is 0 Å². The van der Waals surface area contributed by atoms with Gasteiger partial charge in [0, 0.05) is 12.6 Å². The maximum Gasteiger partial charge on any atom is 0.326 e. The molecule has 0 aliphatic heterocycles. The number of ether oxygens (including phenoxy) is 2. The van der Waals surface area contributed by atoms with Crippen molar-refractivity contribution in [3.05, 3.63) is 102 Å². The molecule has 7 nitrogen and oxygen atoms in total. The van der Waals surface area contributed by atoms with Crippen molar-refractivity contribution in [1.82, 2.24) is 19.9 Å². The van der Waals surface area contributed by atoms with E-state index in [1.165, 1.54) is 17.5 Å². The molecule has 0 saturated heterocycles. The summed E-state index contributed by atoms with van der Waals surface area (Å²) in [6.45, 7) is 0. The molecule has 3 aromatic carbocycles. The van der Waals surface area contributed by atoms with E-state index in [4.69, 9.17) is 14.5 Å². The van der Waals surface area contributed by atoms with Crippen molar-refractivity contribution in [3.63, 3.8) is 0 Å². The second-order valence-corrected chi connectivity index (χ2v) is 10.1. The summed E-state index contributed by atoms with van der Waals surface area (Å²) in [7, 11) is 8.12. The molecule has 1 aromatic heterocycles. The number of aromatic nitrogens is 3. The Labute approximate surface area is 225 Å². The SMILES string of the molecule is COc1ccc(Oc2ncnc(N(C)C3(c4ccccc4)CCC(c4ccccc4)(N(C)C)CC3)n2)cc1. The number of nitrogens with zero attached hydrogens (tertiary/aromatic N) is 5. The first-order valence-corrected chi connectivity index (χ1v) is 13.0. The summed E-state index contributed by atoms with van der Waals surface area (Å²) in [5, 5.41) is 0. The third-order valence-corrected chi connectivity index (χ3v) is 8.13. The van der Waals surface area contributed by atoms with Gasteiger partial charge < -0.3 is 14.4 Å². The summed E-state index contributed by atoms with van der Waals surface area (Å²) in [6.07, 6.45) is 5.42. The van der Waals surface area contributed by atoms with Gasteiger partial charge in [0.1, 0.15) is 17.8 Å². The fraction of sp³-hybridized carbons (Fsp3) is 0.323. The third-order valence-electron chi connectivity index (χ3n) is 8.13. The van der Waals surface area contributed by atoms with E-state index in [-0.39, 0.29) is 17.1 Å². The van der Waals surface area contributed by atoms with Crippen molar-refractivity contribution < 1.29 is 9.47 Å². The lowest BCUT2D eigenvalue weighted by Gasteiger charge is -2.53. The van der Waals surface area contributed by atoms with Gasteiger partial charge in [0.2, 0.25) is 5.95 Å². The van der Waals surface area contributed by atoms with E-state index in [0.717, 1.165) is 31.4 Å². The number of benzene rings is 3. The highest BCUT2D eigenvalue weighted by Crippen LogP contribution is 2.51. The summed E-state index contributed by atoms with van der Waals surface area (Å²) >= 11 is 0. The molecule has 0 unspecified atom stereocenters. The monoisotopic (exact) mass is 509 g/mol. The number of hydrogen-bond acceptors (Lipinski definition) is 7. The molecule has 0 spiro atoms. The van der Waals surface area contributed by atoms with Crippen molar-refractivity contribution in [2.24, 2.45) is 0 Å². The fourth-order valence-electron chi connectivity index (χ4n) is 5.81. The summed E-state index contributed by atoms with van der Waals surface area (Å²) in [4.78, 5) is 18.2. The van der Waals surface area contributed by atoms with E-state index in [1.807, 2.05) is 24.3 Å². The van der Waals surface area contributed by atoms with Crippen LogP contribution in [0.3, 0.4) is 0 Å². The van der Waals surface area contributed by atoms with Crippen molar-refractivity contribution in [2.75, 3.05) is 33.2 Å². The van der Waals surface area contributed by atoms with Crippen LogP contribution < -0.4 is 14.4 Å². The standard InChI is InChI=1S/C31H35N5O2/c1-35(2)30(24-11-7-5-8-12-24)19-21-31(22-20-30,25-13-9-6-10-14-25)36(3)28-32-23-33-29(34-28)38-27-17-15-26(37-4)16-18-27/h5-18,23H,19-22H2,1-4H3. The number of rotatable bonds is 8. The maximum absolute atomic E-state index is 5.97. The first-order chi connectivity index (χ1) is 18.5. The third kappa shape index (κ3) is 4.82. The second kappa shape index (κ2) is 10.8. The predicted molar refractivity (Wildman–Crippen MR) is 150 cm³/mol. The minimum atomic E-state index is -0.270. The highest BCUT2D eigenvalue weighted by molar-refractivity contribution is 5.43. The molecule has 0 radical (unpaired) electrons. The van der Waals surface area contributed by atoms with Crippen LogP contribution in [-0.2, 0) is 11.1 Å². The van der Waals surface area contributed by atoms with Gasteiger partial charge in [-0.15, -0.1) is 0 Å². The summed E-state index contributed by atoms with van der Waals surface area (Å²) in [6, 6.07) is 29.2. The van der Waals surface area contributed by atoms with E-state index < -0.39 is 0 Å². The van der Waals surface area contributed by atoms with E-state index in [1.54, 1.807) is 7.11 Å². The van der Waals surface area contributed by atoms with Crippen LogP contribution in [0.4, 0.5) is 5.95 Å². The lowest BCUT2D eigenvalue weighted by molar-refractivity contribution is 0.0641. The van der Waals surface area contributed by atoms with E-state index in [2.05, 4.69) is 102 Å². The number of hydrogen-bond donors (Lipinski definition) is 0. The molecule has 196 valence electrons. The maximum atomic E-state index is 5.97. The van der Waals surface area contributed by atoms with Gasteiger partial charge in [-0.25, -0.2) is 4.98 Å². The van der Waals surface area contributed by atoms with Crippen molar-refractivity contribution in [2.45, 2.75) is 36.8 Å². The molecule has 1 fully saturated rings. The normalized spacial score (nSPS) is 21.2. The number of anilines is 1. The van der Waals surface area contributed by atoms with Gasteiger partial charge >= 0.3 is 6.01 Å². The Morgan fingerprint density at radius 3 is 1.74 bits per heavy atom. The van der Waals surface area contributed by atoms with E-state index >= 15 is 0 Å². The topological polar surface area (TPSA) is 63.6 Å². The molecule has 7 heteroatoms. The molecule has 1 heterocycles. The Balaban J connectivity index is 1.46. The van der Waals surface area contributed by atoms with Crippen LogP contribution in [0.1, 0.15) is 36.8 Å². The van der Waals surface area contributed by atoms with Gasteiger partial charge in [0.25, 0.3) is 0 Å². The summed E-state index contributed by atoms with van der Waals surface area (Å²) < 4.78 is 11.2. The van der Waals surface area contributed by atoms with Crippen LogP contribution in [0.2, 0.25) is 0 Å². The average Bonchev–Trinajstić information content (AvgIpc) is 2.98. The Hall–Kier alpha value is -3.97. The minimum Gasteiger partial charge on any atom is -0.497 e. The smallest absolute Gasteiger partial charge is 0.326 e.